The Bertz CT molecular complexity index is 1040. The van der Waals surface area contributed by atoms with E-state index >= 15 is 0 Å². The van der Waals surface area contributed by atoms with Gasteiger partial charge in [0.25, 0.3) is 5.91 Å². The summed E-state index contributed by atoms with van der Waals surface area (Å²) in [6, 6.07) is 9.22. The van der Waals surface area contributed by atoms with Gasteiger partial charge in [-0.1, -0.05) is 0 Å². The maximum atomic E-state index is 12.6. The van der Waals surface area contributed by atoms with E-state index in [1.165, 1.54) is 66.0 Å². The first-order valence-corrected chi connectivity index (χ1v) is 10.4. The Morgan fingerprint density at radius 2 is 1.61 bits per heavy atom. The van der Waals surface area contributed by atoms with Crippen LogP contribution < -0.4 is 24.4 Å². The van der Waals surface area contributed by atoms with E-state index in [9.17, 15) is 13.2 Å². The maximum Gasteiger partial charge on any atom is 0.255 e. The Labute approximate surface area is 181 Å². The molecule has 0 unspecified atom stereocenters. The minimum absolute atomic E-state index is 0.0437. The van der Waals surface area contributed by atoms with E-state index < -0.39 is 22.5 Å². The molecule has 31 heavy (non-hydrogen) atoms. The number of hydrogen-bond donors (Lipinski definition) is 1. The maximum absolute atomic E-state index is 12.6. The summed E-state index contributed by atoms with van der Waals surface area (Å²) >= 11 is 0. The van der Waals surface area contributed by atoms with Gasteiger partial charge < -0.3 is 18.9 Å². The smallest absolute Gasteiger partial charge is 0.255 e. The Hall–Kier alpha value is -3.31. The topological polar surface area (TPSA) is 116 Å². The molecule has 0 bridgehead atoms. The number of hydrogen-bond acceptors (Lipinski definition) is 8. The van der Waals surface area contributed by atoms with Crippen LogP contribution in [0.25, 0.3) is 0 Å². The molecule has 0 heterocycles. The number of nitrogens with one attached hydrogen (secondary N) is 1. The lowest BCUT2D eigenvalue weighted by Crippen LogP contribution is -2.36. The molecule has 0 atom stereocenters. The highest BCUT2D eigenvalue weighted by atomic mass is 32.2. The van der Waals surface area contributed by atoms with Crippen molar-refractivity contribution in [3.05, 3.63) is 42.0 Å². The molecule has 0 aromatic heterocycles. The van der Waals surface area contributed by atoms with Crippen molar-refractivity contribution in [2.24, 2.45) is 5.10 Å². The van der Waals surface area contributed by atoms with Gasteiger partial charge in [-0.2, -0.15) is 9.41 Å². The van der Waals surface area contributed by atoms with Crippen LogP contribution in [-0.2, 0) is 14.8 Å². The van der Waals surface area contributed by atoms with Gasteiger partial charge in [0.05, 0.1) is 46.1 Å². The fraction of sp³-hybridized carbons (Fsp3) is 0.300. The van der Waals surface area contributed by atoms with Crippen LogP contribution in [0.5, 0.6) is 23.0 Å². The molecule has 0 spiro atoms. The molecule has 10 nitrogen and oxygen atoms in total. The molecule has 0 aliphatic heterocycles. The van der Waals surface area contributed by atoms with Gasteiger partial charge in [0.15, 0.2) is 11.5 Å². The van der Waals surface area contributed by atoms with Crippen LogP contribution in [0.4, 0.5) is 0 Å². The molecule has 0 aliphatic rings. The van der Waals surface area contributed by atoms with Crippen LogP contribution >= 0.6 is 0 Å². The number of ether oxygens (including phenoxy) is 4. The molecule has 0 aliphatic carbocycles. The third-order valence-corrected chi connectivity index (χ3v) is 6.08. The predicted octanol–water partition coefficient (Wildman–Crippen LogP) is 1.49. The van der Waals surface area contributed by atoms with Crippen LogP contribution in [0, 0.1) is 0 Å². The number of hydrazone groups is 1. The van der Waals surface area contributed by atoms with Gasteiger partial charge in [-0.15, -0.1) is 0 Å². The van der Waals surface area contributed by atoms with E-state index in [0.717, 1.165) is 4.31 Å². The average molecular weight is 452 g/mol. The van der Waals surface area contributed by atoms with Gasteiger partial charge in [-0.25, -0.2) is 13.8 Å². The van der Waals surface area contributed by atoms with Gasteiger partial charge in [0.2, 0.25) is 15.8 Å². The molecule has 11 heteroatoms. The lowest BCUT2D eigenvalue weighted by atomic mass is 10.2. The number of sulfonamides is 1. The number of nitrogens with zero attached hydrogens (tertiary/aromatic N) is 2. The van der Waals surface area contributed by atoms with Crippen LogP contribution in [0.15, 0.2) is 46.4 Å². The number of amides is 1. The molecular formula is C20H25N3O7S. The quantitative estimate of drug-likeness (QED) is 0.430. The summed E-state index contributed by atoms with van der Waals surface area (Å²) in [6.45, 7) is -0.422. The van der Waals surface area contributed by atoms with E-state index in [1.54, 1.807) is 12.1 Å². The zero-order valence-corrected chi connectivity index (χ0v) is 18.7. The van der Waals surface area contributed by atoms with Crippen molar-refractivity contribution >= 4 is 22.1 Å². The summed E-state index contributed by atoms with van der Waals surface area (Å²) in [5, 5.41) is 3.87. The summed E-state index contributed by atoms with van der Waals surface area (Å²) in [5.41, 5.74) is 2.83. The van der Waals surface area contributed by atoms with Crippen molar-refractivity contribution in [2.45, 2.75) is 4.90 Å². The minimum atomic E-state index is -3.85. The standard InChI is InChI=1S/C20H25N3O7S/c1-23(31(25,26)16-9-7-15(27-2)8-10-16)13-18(24)22-21-12-14-6-11-17(28-3)20(30-5)19(14)29-4/h6-12H,13H2,1-5H3,(H,22,24)/b21-12-. The lowest BCUT2D eigenvalue weighted by Gasteiger charge is -2.16. The van der Waals surface area contributed by atoms with E-state index in [4.69, 9.17) is 18.9 Å². The summed E-state index contributed by atoms with van der Waals surface area (Å²) in [5.74, 6) is 1.14. The van der Waals surface area contributed by atoms with Crippen molar-refractivity contribution in [3.8, 4) is 23.0 Å². The summed E-state index contributed by atoms with van der Waals surface area (Å²) in [6.07, 6.45) is 1.36. The third-order valence-electron chi connectivity index (χ3n) is 4.26. The molecule has 0 radical (unpaired) electrons. The van der Waals surface area contributed by atoms with Crippen LogP contribution in [0.3, 0.4) is 0 Å². The molecule has 168 valence electrons. The Kier molecular flexibility index (Phi) is 8.22. The van der Waals surface area contributed by atoms with Crippen molar-refractivity contribution in [2.75, 3.05) is 42.0 Å². The number of rotatable bonds is 10. The molecule has 2 aromatic rings. The third kappa shape index (κ3) is 5.64. The second kappa shape index (κ2) is 10.6. The van der Waals surface area contributed by atoms with Gasteiger partial charge in [-0.05, 0) is 36.4 Å². The summed E-state index contributed by atoms with van der Waals surface area (Å²) in [4.78, 5) is 12.2. The predicted molar refractivity (Wildman–Crippen MR) is 115 cm³/mol. The highest BCUT2D eigenvalue weighted by Crippen LogP contribution is 2.38. The molecule has 2 rings (SSSR count). The highest BCUT2D eigenvalue weighted by molar-refractivity contribution is 7.89. The average Bonchev–Trinajstić information content (AvgIpc) is 2.78. The number of benzene rings is 2. The normalized spacial score (nSPS) is 11.4. The molecule has 2 aromatic carbocycles. The number of methoxy groups -OCH3 is 4. The molecule has 1 amide bonds. The summed E-state index contributed by atoms with van der Waals surface area (Å²) < 4.78 is 47.0. The largest absolute Gasteiger partial charge is 0.497 e. The fourth-order valence-electron chi connectivity index (χ4n) is 2.65. The van der Waals surface area contributed by atoms with E-state index in [1.807, 2.05) is 0 Å². The first-order valence-electron chi connectivity index (χ1n) is 8.99. The minimum Gasteiger partial charge on any atom is -0.497 e. The first kappa shape index (κ1) is 24.0. The summed E-state index contributed by atoms with van der Waals surface area (Å²) in [7, 11) is 3.38. The Morgan fingerprint density at radius 1 is 0.968 bits per heavy atom. The van der Waals surface area contributed by atoms with E-state index in [2.05, 4.69) is 10.5 Å². The number of likely N-dealkylation sites (N-methyl/N-ethyl adjacent to an activating group) is 1. The molecule has 0 saturated heterocycles. The monoisotopic (exact) mass is 451 g/mol. The van der Waals surface area contributed by atoms with Crippen LogP contribution in [0.2, 0.25) is 0 Å². The highest BCUT2D eigenvalue weighted by Gasteiger charge is 2.23. The first-order chi connectivity index (χ1) is 14.8. The molecule has 0 saturated carbocycles. The second-order valence-electron chi connectivity index (χ2n) is 6.15. The van der Waals surface area contributed by atoms with Crippen LogP contribution in [-0.4, -0.2) is 66.9 Å². The second-order valence-corrected chi connectivity index (χ2v) is 8.20. The number of carbonyl (C=O) groups is 1. The van der Waals surface area contributed by atoms with Gasteiger partial charge in [0, 0.05) is 12.6 Å². The van der Waals surface area contributed by atoms with Gasteiger partial charge in [-0.3, -0.25) is 4.79 Å². The zero-order valence-electron chi connectivity index (χ0n) is 17.9. The fourth-order valence-corrected chi connectivity index (χ4v) is 3.78. The molecular weight excluding hydrogens is 426 g/mol. The van der Waals surface area contributed by atoms with Crippen LogP contribution in [0.1, 0.15) is 5.56 Å². The van der Waals surface area contributed by atoms with E-state index in [0.29, 0.717) is 28.6 Å². The Balaban J connectivity index is 2.06. The van der Waals surface area contributed by atoms with Crippen molar-refractivity contribution in [1.29, 1.82) is 0 Å². The van der Waals surface area contributed by atoms with Gasteiger partial charge >= 0.3 is 0 Å². The lowest BCUT2D eigenvalue weighted by molar-refractivity contribution is -0.121. The van der Waals surface area contributed by atoms with Gasteiger partial charge in [0.1, 0.15) is 5.75 Å². The molecule has 0 fully saturated rings. The SMILES string of the molecule is COc1ccc(S(=O)(=O)N(C)CC(=O)N/N=C\c2ccc(OC)c(OC)c2OC)cc1. The van der Waals surface area contributed by atoms with Crippen molar-refractivity contribution in [1.82, 2.24) is 9.73 Å². The zero-order chi connectivity index (χ0) is 23.0. The number of carbonyl (C=O) groups excluding carboxylic acids is 1. The Morgan fingerprint density at radius 3 is 2.16 bits per heavy atom. The van der Waals surface area contributed by atoms with E-state index in [-0.39, 0.29) is 4.90 Å². The van der Waals surface area contributed by atoms with Crippen molar-refractivity contribution in [3.63, 3.8) is 0 Å². The van der Waals surface area contributed by atoms with Crippen molar-refractivity contribution < 1.29 is 32.2 Å². The molecule has 1 N–H and O–H groups in total.